The maximum absolute atomic E-state index is 13.8. The lowest BCUT2D eigenvalue weighted by Gasteiger charge is -2.43. The number of halogens is 1. The van der Waals surface area contributed by atoms with Crippen molar-refractivity contribution in [1.82, 2.24) is 29.3 Å². The number of nitrogens with one attached hydrogen (secondary N) is 4. The molecule has 2 amide bonds. The molecule has 0 spiro atoms. The fraction of sp³-hybridized carbons (Fsp3) is 0.483. The van der Waals surface area contributed by atoms with E-state index in [2.05, 4.69) is 127 Å². The predicted molar refractivity (Wildman–Crippen MR) is 448 cm³/mol. The summed E-state index contributed by atoms with van der Waals surface area (Å²) in [5.74, 6) is 9.56. The van der Waals surface area contributed by atoms with Gasteiger partial charge < -0.3 is 29.3 Å². The van der Waals surface area contributed by atoms with Crippen LogP contribution in [0.4, 0.5) is 0 Å². The first-order valence-corrected chi connectivity index (χ1v) is 51.1. The van der Waals surface area contributed by atoms with Crippen LogP contribution in [0.2, 0.25) is 39.3 Å². The van der Waals surface area contributed by atoms with E-state index in [1.54, 1.807) is 74.8 Å². The molecular formula is C87H113ClN6O12S3Si2. The van der Waals surface area contributed by atoms with E-state index in [0.717, 1.165) is 172 Å². The van der Waals surface area contributed by atoms with Crippen LogP contribution in [0.25, 0.3) is 0 Å². The highest BCUT2D eigenvalue weighted by atomic mass is 35.5. The molecule has 0 saturated heterocycles. The molecule has 6 aliphatic rings. The minimum absolute atomic E-state index is 0.00770. The van der Waals surface area contributed by atoms with Gasteiger partial charge in [-0.25, -0.2) is 39.4 Å². The van der Waals surface area contributed by atoms with E-state index in [0.29, 0.717) is 17.4 Å². The number of hydrogen-bond acceptors (Lipinski definition) is 13. The van der Waals surface area contributed by atoms with Crippen molar-refractivity contribution < 1.29 is 53.8 Å². The van der Waals surface area contributed by atoms with Crippen LogP contribution >= 0.6 is 11.6 Å². The van der Waals surface area contributed by atoms with Gasteiger partial charge in [0.2, 0.25) is 30.1 Å². The molecular weight excluding hydrogens is 1510 g/mol. The van der Waals surface area contributed by atoms with Gasteiger partial charge in [0.15, 0.2) is 0 Å². The second-order valence-corrected chi connectivity index (χ2v) is 46.9. The Labute approximate surface area is 668 Å². The molecule has 0 bridgehead atoms. The fourth-order valence-corrected chi connectivity index (χ4v) is 19.6. The fourth-order valence-electron chi connectivity index (χ4n) is 14.6. The number of hydrogen-bond donors (Lipinski definition) is 4. The number of terminal acetylenes is 1. The summed E-state index contributed by atoms with van der Waals surface area (Å²) in [6.07, 6.45) is 25.9. The molecule has 3 aliphatic heterocycles. The van der Waals surface area contributed by atoms with Crippen molar-refractivity contribution in [2.24, 2.45) is 0 Å². The summed E-state index contributed by atoms with van der Waals surface area (Å²) in [6.45, 7) is 19.1. The topological polar surface area (TPSA) is 236 Å². The van der Waals surface area contributed by atoms with Crippen molar-refractivity contribution in [3.63, 3.8) is 0 Å². The Kier molecular flexibility index (Phi) is 31.1. The summed E-state index contributed by atoms with van der Waals surface area (Å²) >= 11 is 4.99. The minimum atomic E-state index is -3.58. The summed E-state index contributed by atoms with van der Waals surface area (Å²) in [6, 6.07) is 39.2. The number of benzene rings is 6. The van der Waals surface area contributed by atoms with E-state index in [1.165, 1.54) is 24.0 Å². The van der Waals surface area contributed by atoms with Gasteiger partial charge in [0, 0.05) is 36.3 Å². The molecule has 6 aromatic rings. The molecule has 596 valence electrons. The average Bonchev–Trinajstić information content (AvgIpc) is 0.760. The van der Waals surface area contributed by atoms with Gasteiger partial charge >= 0.3 is 0 Å². The van der Waals surface area contributed by atoms with E-state index >= 15 is 0 Å². The summed E-state index contributed by atoms with van der Waals surface area (Å²) in [5, 5.41) is 3.24. The zero-order chi connectivity index (χ0) is 80.4. The Morgan fingerprint density at radius 1 is 0.477 bits per heavy atom. The van der Waals surface area contributed by atoms with Crippen LogP contribution < -0.4 is 33.7 Å². The molecule has 0 unspecified atom stereocenters. The van der Waals surface area contributed by atoms with E-state index < -0.39 is 57.5 Å². The molecule has 0 aromatic heterocycles. The van der Waals surface area contributed by atoms with Crippen molar-refractivity contribution in [2.75, 3.05) is 21.3 Å². The Morgan fingerprint density at radius 2 is 0.820 bits per heavy atom. The van der Waals surface area contributed by atoms with Crippen LogP contribution in [0.5, 0.6) is 17.2 Å². The van der Waals surface area contributed by atoms with Crippen molar-refractivity contribution in [1.29, 1.82) is 0 Å². The summed E-state index contributed by atoms with van der Waals surface area (Å²) in [4.78, 5) is 41.4. The van der Waals surface area contributed by atoms with E-state index in [-0.39, 0.29) is 63.9 Å². The zero-order valence-corrected chi connectivity index (χ0v) is 71.8. The number of unbranched alkanes of at least 4 members (excludes halogenated alkanes) is 3. The molecule has 24 heteroatoms. The first-order chi connectivity index (χ1) is 52.8. The van der Waals surface area contributed by atoms with E-state index in [4.69, 9.17) is 32.2 Å². The van der Waals surface area contributed by atoms with Crippen LogP contribution in [0.15, 0.2) is 142 Å². The maximum Gasteiger partial charge on any atom is 0.299 e. The number of fused-ring (bicyclic) bond motifs is 3. The molecule has 3 aliphatic carbocycles. The molecule has 6 atom stereocenters. The highest BCUT2D eigenvalue weighted by Gasteiger charge is 2.41. The third kappa shape index (κ3) is 23.8. The lowest BCUT2D eigenvalue weighted by molar-refractivity contribution is -0.130. The number of sulfonamides is 3. The molecule has 3 saturated carbocycles. The molecule has 4 N–H and O–H groups in total. The largest absolute Gasteiger partial charge is 0.497 e. The normalized spacial score (nSPS) is 19.6. The van der Waals surface area contributed by atoms with Crippen molar-refractivity contribution >= 4 is 74.9 Å². The first kappa shape index (κ1) is 87.4. The van der Waals surface area contributed by atoms with Gasteiger partial charge in [-0.15, -0.1) is 17.5 Å². The van der Waals surface area contributed by atoms with Gasteiger partial charge in [0.1, 0.15) is 33.4 Å². The lowest BCUT2D eigenvalue weighted by atomic mass is 9.83. The lowest BCUT2D eigenvalue weighted by Crippen LogP contribution is -2.47. The van der Waals surface area contributed by atoms with Crippen LogP contribution in [0.1, 0.15) is 205 Å². The molecule has 6 aromatic carbocycles. The smallest absolute Gasteiger partial charge is 0.299 e. The van der Waals surface area contributed by atoms with Gasteiger partial charge in [0.05, 0.1) is 54.1 Å². The first-order valence-electron chi connectivity index (χ1n) is 39.3. The highest BCUT2D eigenvalue weighted by Crippen LogP contribution is 2.44. The second-order valence-electron chi connectivity index (χ2n) is 31.9. The van der Waals surface area contributed by atoms with Crippen LogP contribution in [-0.2, 0) is 63.7 Å². The zero-order valence-electron chi connectivity index (χ0n) is 66.6. The second kappa shape index (κ2) is 39.5. The number of methoxy groups -OCH3 is 3. The van der Waals surface area contributed by atoms with Gasteiger partial charge in [-0.05, 0) is 229 Å². The number of carbonyl (C=O) groups is 3. The van der Waals surface area contributed by atoms with Gasteiger partial charge in [-0.2, -0.15) is 0 Å². The monoisotopic (exact) mass is 1620 g/mol. The van der Waals surface area contributed by atoms with E-state index in [9.17, 15) is 39.6 Å². The molecule has 18 nitrogen and oxygen atoms in total. The summed E-state index contributed by atoms with van der Waals surface area (Å²) in [7, 11) is -8.74. The number of amides is 2. The number of rotatable bonds is 24. The Hall–Kier alpha value is -7.58. The minimum Gasteiger partial charge on any atom is -0.497 e. The molecule has 3 fully saturated rings. The van der Waals surface area contributed by atoms with Crippen molar-refractivity contribution in [2.45, 2.75) is 264 Å². The summed E-state index contributed by atoms with van der Waals surface area (Å²) in [5.41, 5.74) is 15.7. The quantitative estimate of drug-likeness (QED) is 0.0251. The van der Waals surface area contributed by atoms with Crippen molar-refractivity contribution in [3.05, 3.63) is 177 Å². The van der Waals surface area contributed by atoms with Gasteiger partial charge in [-0.1, -0.05) is 172 Å². The molecule has 0 radical (unpaired) electrons. The summed E-state index contributed by atoms with van der Waals surface area (Å²) < 4.78 is 101. The third-order valence-electron chi connectivity index (χ3n) is 21.3. The number of ether oxygens (including phenoxy) is 3. The SMILES string of the molecule is C#CC(=O)N1[C@@H](CCCC)Cc2cc(OC)ccc2[C@@H]1c1ccc(S(=O)(=O)NC2CCC2)cc1.CCCC[C@H]1Cc2cc(OC)ccc2[C@H](c2ccc(S(=O)(=O)NC3CCC3)cc2)N1.CCCC[C@H]1Cc2cc(OC)ccc2[C@H](c2ccc(S(=O)(=O)NC3CCC3)cc2)N1C(=O)C#C[Si](C)(C)C.C[Si](C)(C)C#CC(=O)Cl. The van der Waals surface area contributed by atoms with Crippen molar-refractivity contribution in [3.8, 4) is 52.5 Å². The molecule has 3 heterocycles. The van der Waals surface area contributed by atoms with Gasteiger partial charge in [-0.3, -0.25) is 14.4 Å². The Bertz CT molecular complexity index is 4740. The number of nitrogens with zero attached hydrogens (tertiary/aromatic N) is 2. The average molecular weight is 1620 g/mol. The highest BCUT2D eigenvalue weighted by molar-refractivity contribution is 7.90. The predicted octanol–water partition coefficient (Wildman–Crippen LogP) is 15.6. The third-order valence-corrected chi connectivity index (χ3v) is 27.7. The van der Waals surface area contributed by atoms with Gasteiger partial charge in [0.25, 0.3) is 17.1 Å². The maximum atomic E-state index is 13.8. The van der Waals surface area contributed by atoms with E-state index in [1.807, 2.05) is 65.6 Å². The van der Waals surface area contributed by atoms with Crippen LogP contribution in [0.3, 0.4) is 0 Å². The molecule has 111 heavy (non-hydrogen) atoms. The van der Waals surface area contributed by atoms with Crippen LogP contribution in [0, 0.1) is 35.3 Å². The van der Waals surface area contributed by atoms with Crippen LogP contribution in [-0.4, -0.2) is 126 Å². The number of carbonyl (C=O) groups excluding carboxylic acids is 3. The standard InChI is InChI=1S/C30H40N2O4SSi.C27H32N2O4S.C24H32N2O3S.C6H9ClOSi/c1-6-7-11-25-20-23-21-26(36-2)14-17-28(23)30(32(25)29(33)18-19-38(3,4)5)22-12-15-27(16-13-22)37(34,35)31-24-9-8-10-24;1-4-6-10-22-17-20-18-23(33-3)13-16-25(20)27(29(22)26(30)5-2)19-11-14-24(15-12-19)34(31,32)28-21-8-7-9-21;1-3-4-6-20-15-18-16-21(29-2)11-14-23(18)24(25-20)17-9-12-22(13-10-17)30(27,28)26-19-7-5-8-19;1-9(2,3)5-4-6(7)8/h12-17,21,24-25,30-31H,6-11,20H2,1-5H3;2,11-16,18,21-22,27-28H,4,6-10,17H2,1,3H3;9-14,16,19-20,24-26H,3-8,15H2,1-2H3;1-3H3/t25-,30-;22-,27-;20-,24-;/m000./s1. The molecule has 12 rings (SSSR count). The Balaban J connectivity index is 0.000000182. The Morgan fingerprint density at radius 3 is 1.14 bits per heavy atom.